The van der Waals surface area contributed by atoms with E-state index >= 15 is 0 Å². The summed E-state index contributed by atoms with van der Waals surface area (Å²) in [4.78, 5) is 11.6. The molecule has 0 bridgehead atoms. The molecule has 0 amide bonds. The summed E-state index contributed by atoms with van der Waals surface area (Å²) in [7, 11) is 0. The molecule has 0 spiro atoms. The number of nitrogens with one attached hydrogen (secondary N) is 1. The van der Waals surface area contributed by atoms with Gasteiger partial charge in [-0.2, -0.15) is 0 Å². The minimum Gasteiger partial charge on any atom is -0.354 e. The molecule has 0 saturated carbocycles. The second-order valence-corrected chi connectivity index (χ2v) is 18.6. The van der Waals surface area contributed by atoms with Gasteiger partial charge in [0.15, 0.2) is 0 Å². The molecule has 1 aliphatic heterocycles. The van der Waals surface area contributed by atoms with E-state index in [0.717, 1.165) is 36.3 Å². The molecule has 1 N–H and O–H groups in total. The van der Waals surface area contributed by atoms with Crippen molar-refractivity contribution in [3.63, 3.8) is 0 Å². The van der Waals surface area contributed by atoms with Crippen molar-refractivity contribution in [1.29, 1.82) is 0 Å². The predicted molar refractivity (Wildman–Crippen MR) is 270 cm³/mol. The molecule has 13 rings (SSSR count). The monoisotopic (exact) mass is 839 g/mol. The second kappa shape index (κ2) is 14.9. The van der Waals surface area contributed by atoms with E-state index in [9.17, 15) is 0 Å². The Balaban J connectivity index is 1.09. The van der Waals surface area contributed by atoms with Crippen LogP contribution in [0.3, 0.4) is 0 Å². The van der Waals surface area contributed by atoms with Crippen molar-refractivity contribution >= 4 is 67.7 Å². The number of hydrogen-bond acceptors (Lipinski definition) is 3. The molecule has 0 atom stereocenters. The van der Waals surface area contributed by atoms with Gasteiger partial charge in [-0.05, 0) is 130 Å². The van der Waals surface area contributed by atoms with Gasteiger partial charge in [0, 0.05) is 67.1 Å². The number of benzene rings is 9. The Morgan fingerprint density at radius 3 is 1.95 bits per heavy atom. The highest BCUT2D eigenvalue weighted by molar-refractivity contribution is 8.00. The van der Waals surface area contributed by atoms with E-state index in [1.165, 1.54) is 123 Å². The first-order chi connectivity index (χ1) is 31.7. The number of nitrogens with zero attached hydrogens (tertiary/aromatic N) is 2. The maximum absolute atomic E-state index is 3.95. The van der Waals surface area contributed by atoms with Gasteiger partial charge in [0.25, 0.3) is 0 Å². The number of aromatic nitrogens is 1. The Hall–Kier alpha value is -7.27. The summed E-state index contributed by atoms with van der Waals surface area (Å²) >= 11 is 1.93. The topological polar surface area (TPSA) is 22.3 Å². The highest BCUT2D eigenvalue weighted by Crippen LogP contribution is 2.61. The lowest BCUT2D eigenvalue weighted by molar-refractivity contribution is 0.796. The Bertz CT molecular complexity index is 3440. The Morgan fingerprint density at radius 2 is 1.19 bits per heavy atom. The third kappa shape index (κ3) is 5.82. The van der Waals surface area contributed by atoms with E-state index in [1.807, 2.05) is 11.8 Å². The van der Waals surface area contributed by atoms with E-state index in [0.29, 0.717) is 0 Å². The van der Waals surface area contributed by atoms with Crippen LogP contribution < -0.4 is 9.80 Å². The highest BCUT2D eigenvalue weighted by atomic mass is 32.2. The minimum absolute atomic E-state index is 0.882. The summed E-state index contributed by atoms with van der Waals surface area (Å²) in [5.74, 6) is 0. The van der Waals surface area contributed by atoms with Crippen LogP contribution in [-0.4, -0.2) is 4.98 Å². The van der Waals surface area contributed by atoms with Gasteiger partial charge < -0.3 is 14.8 Å². The number of H-pyrrole nitrogens is 1. The molecular weight excluding hydrogens is 795 g/mol. The number of aryl methyl sites for hydroxylation is 1. The molecule has 4 heteroatoms. The first-order valence-electron chi connectivity index (χ1n) is 22.7. The van der Waals surface area contributed by atoms with Crippen molar-refractivity contribution in [1.82, 2.24) is 4.98 Å². The fourth-order valence-corrected chi connectivity index (χ4v) is 12.0. The number of unbranched alkanes of at least 4 members (excludes halogenated alkanes) is 1. The lowest BCUT2D eigenvalue weighted by atomic mass is 9.93. The van der Waals surface area contributed by atoms with E-state index in [1.54, 1.807) is 0 Å². The summed E-state index contributed by atoms with van der Waals surface area (Å²) in [5, 5.41) is 2.59. The SMILES string of the molecule is CCCCc1ccc2[nH]c3c(-c4cc5c(c6c4Sc4ccc(N(c7ccccc7)c7ccccc7)cc4N6c4cccc6c4Cc4ccccc4-6)Cc4ccccc4-5)cccc3c2c1. The summed E-state index contributed by atoms with van der Waals surface area (Å²) in [6.07, 6.45) is 5.27. The number of fused-ring (bicyclic) bond motifs is 12. The van der Waals surface area contributed by atoms with Gasteiger partial charge in [0.2, 0.25) is 0 Å². The maximum atomic E-state index is 3.95. The van der Waals surface area contributed by atoms with Gasteiger partial charge in [-0.1, -0.05) is 146 Å². The standard InChI is InChI=1S/C60H45N3S/c1-2-3-16-38-29-31-54-50(33-38)47-26-14-27-48(58(47)61-54)53-37-49-45-24-13-11-18-40(45)35-52(49)59-60(53)64-57-32-30-43(62(41-19-6-4-7-20-41)42-21-8-5-9-22-42)36-56(57)63(59)55-28-15-25-46-44-23-12-10-17-39(44)34-51(46)55/h4-15,17-33,36-37,61H,2-3,16,34-35H2,1H3. The zero-order valence-electron chi connectivity index (χ0n) is 35.7. The quantitative estimate of drug-likeness (QED) is 0.165. The number of para-hydroxylation sites is 3. The van der Waals surface area contributed by atoms with E-state index in [-0.39, 0.29) is 0 Å². The first-order valence-corrected chi connectivity index (χ1v) is 23.6. The summed E-state index contributed by atoms with van der Waals surface area (Å²) in [6.45, 7) is 2.27. The highest BCUT2D eigenvalue weighted by Gasteiger charge is 2.37. The van der Waals surface area contributed by atoms with Gasteiger partial charge in [-0.3, -0.25) is 0 Å². The molecule has 2 heterocycles. The molecule has 0 unspecified atom stereocenters. The molecule has 306 valence electrons. The van der Waals surface area contributed by atoms with Gasteiger partial charge in [-0.15, -0.1) is 0 Å². The molecule has 0 fully saturated rings. The van der Waals surface area contributed by atoms with Crippen LogP contribution in [0.25, 0.3) is 55.2 Å². The fraction of sp³-hybridized carbons (Fsp3) is 0.100. The van der Waals surface area contributed by atoms with Crippen molar-refractivity contribution in [2.75, 3.05) is 9.80 Å². The van der Waals surface area contributed by atoms with Gasteiger partial charge in [0.1, 0.15) is 0 Å². The molecule has 10 aromatic rings. The Morgan fingerprint density at radius 1 is 0.516 bits per heavy atom. The minimum atomic E-state index is 0.882. The summed E-state index contributed by atoms with van der Waals surface area (Å²) in [5.41, 5.74) is 24.3. The molecule has 64 heavy (non-hydrogen) atoms. The third-order valence-electron chi connectivity index (χ3n) is 13.8. The summed E-state index contributed by atoms with van der Waals surface area (Å²) < 4.78 is 0. The molecule has 3 nitrogen and oxygen atoms in total. The third-order valence-corrected chi connectivity index (χ3v) is 15.0. The van der Waals surface area contributed by atoms with Gasteiger partial charge >= 0.3 is 0 Å². The van der Waals surface area contributed by atoms with Crippen molar-refractivity contribution in [2.45, 2.75) is 48.8 Å². The normalized spacial score (nSPS) is 13.0. The average Bonchev–Trinajstić information content (AvgIpc) is 4.05. The molecule has 3 aliphatic rings. The molecule has 0 radical (unpaired) electrons. The van der Waals surface area contributed by atoms with E-state index in [4.69, 9.17) is 0 Å². The number of aromatic amines is 1. The average molecular weight is 840 g/mol. The smallest absolute Gasteiger partial charge is 0.0649 e. The van der Waals surface area contributed by atoms with Crippen LogP contribution in [0.2, 0.25) is 0 Å². The lowest BCUT2D eigenvalue weighted by Crippen LogP contribution is -2.20. The Labute approximate surface area is 378 Å². The number of rotatable bonds is 8. The molecular formula is C60H45N3S. The molecule has 2 aliphatic carbocycles. The maximum Gasteiger partial charge on any atom is 0.0649 e. The van der Waals surface area contributed by atoms with Crippen molar-refractivity contribution in [3.8, 4) is 33.4 Å². The van der Waals surface area contributed by atoms with Crippen molar-refractivity contribution in [2.24, 2.45) is 0 Å². The molecule has 1 aromatic heterocycles. The van der Waals surface area contributed by atoms with Crippen LogP contribution in [-0.2, 0) is 19.3 Å². The van der Waals surface area contributed by atoms with Crippen LogP contribution in [0.4, 0.5) is 34.1 Å². The van der Waals surface area contributed by atoms with Crippen LogP contribution in [0.15, 0.2) is 198 Å². The Kier molecular flexibility index (Phi) is 8.70. The van der Waals surface area contributed by atoms with Gasteiger partial charge in [-0.25, -0.2) is 0 Å². The first kappa shape index (κ1) is 37.3. The van der Waals surface area contributed by atoms with E-state index in [2.05, 4.69) is 210 Å². The van der Waals surface area contributed by atoms with Crippen molar-refractivity contribution < 1.29 is 0 Å². The van der Waals surface area contributed by atoms with Crippen molar-refractivity contribution in [3.05, 3.63) is 216 Å². The molecule has 0 saturated heterocycles. The van der Waals surface area contributed by atoms with Crippen LogP contribution >= 0.6 is 11.8 Å². The second-order valence-electron chi connectivity index (χ2n) is 17.5. The van der Waals surface area contributed by atoms with Crippen LogP contribution in [0.1, 0.15) is 47.6 Å². The van der Waals surface area contributed by atoms with E-state index < -0.39 is 0 Å². The zero-order valence-corrected chi connectivity index (χ0v) is 36.6. The van der Waals surface area contributed by atoms with Crippen LogP contribution in [0.5, 0.6) is 0 Å². The van der Waals surface area contributed by atoms with Gasteiger partial charge in [0.05, 0.1) is 22.6 Å². The molecule has 9 aromatic carbocycles. The predicted octanol–water partition coefficient (Wildman–Crippen LogP) is 16.9. The number of anilines is 6. The zero-order chi connectivity index (χ0) is 42.3. The number of hydrogen-bond donors (Lipinski definition) is 1. The fourth-order valence-electron chi connectivity index (χ4n) is 10.8. The largest absolute Gasteiger partial charge is 0.354 e. The lowest BCUT2D eigenvalue weighted by Gasteiger charge is -2.38. The van der Waals surface area contributed by atoms with Crippen LogP contribution in [0, 0.1) is 0 Å². The summed E-state index contributed by atoms with van der Waals surface area (Å²) in [6, 6.07) is 70.2.